The Bertz CT molecular complexity index is 670. The number of rotatable bonds is 6. The monoisotopic (exact) mass is 326 g/mol. The largest absolute Gasteiger partial charge is 0.463 e. The lowest BCUT2D eigenvalue weighted by atomic mass is 10.2. The molecule has 0 fully saturated rings. The second kappa shape index (κ2) is 7.74. The number of ether oxygens (including phenoxy) is 2. The summed E-state index contributed by atoms with van der Waals surface area (Å²) in [5.41, 5.74) is 0.867. The maximum atomic E-state index is 12.5. The first kappa shape index (κ1) is 17.9. The number of esters is 2. The average molecular weight is 326 g/mol. The van der Waals surface area contributed by atoms with Gasteiger partial charge in [-0.25, -0.2) is 18.0 Å². The van der Waals surface area contributed by atoms with Crippen LogP contribution in [-0.2, 0) is 28.9 Å². The van der Waals surface area contributed by atoms with E-state index in [9.17, 15) is 18.0 Å². The predicted molar refractivity (Wildman–Crippen MR) is 79.7 cm³/mol. The molecule has 22 heavy (non-hydrogen) atoms. The molecule has 7 heteroatoms. The van der Waals surface area contributed by atoms with Crippen LogP contribution >= 0.6 is 0 Å². The number of aryl methyl sites for hydroxylation is 1. The van der Waals surface area contributed by atoms with E-state index in [1.165, 1.54) is 12.1 Å². The second-order valence-electron chi connectivity index (χ2n) is 4.30. The molecule has 1 aromatic carbocycles. The Hall–Kier alpha value is -2.15. The van der Waals surface area contributed by atoms with Crippen molar-refractivity contribution in [3.8, 4) is 0 Å². The molecule has 0 aromatic heterocycles. The van der Waals surface area contributed by atoms with Gasteiger partial charge in [-0.3, -0.25) is 0 Å². The molecule has 1 aromatic rings. The quantitative estimate of drug-likeness (QED) is 0.585. The van der Waals surface area contributed by atoms with Gasteiger partial charge in [-0.15, -0.1) is 0 Å². The molecule has 0 radical (unpaired) electrons. The van der Waals surface area contributed by atoms with Crippen LogP contribution in [0.3, 0.4) is 0 Å². The third kappa shape index (κ3) is 4.42. The highest BCUT2D eigenvalue weighted by molar-refractivity contribution is 7.96. The van der Waals surface area contributed by atoms with Crippen LogP contribution in [0.1, 0.15) is 19.4 Å². The van der Waals surface area contributed by atoms with Crippen molar-refractivity contribution in [2.75, 3.05) is 13.2 Å². The van der Waals surface area contributed by atoms with Crippen molar-refractivity contribution in [3.63, 3.8) is 0 Å². The van der Waals surface area contributed by atoms with Gasteiger partial charge in [0.1, 0.15) is 0 Å². The van der Waals surface area contributed by atoms with Gasteiger partial charge in [0, 0.05) is 6.08 Å². The molecule has 0 heterocycles. The van der Waals surface area contributed by atoms with Gasteiger partial charge in [-0.05, 0) is 32.9 Å². The van der Waals surface area contributed by atoms with Crippen LogP contribution in [0.2, 0.25) is 0 Å². The number of benzene rings is 1. The summed E-state index contributed by atoms with van der Waals surface area (Å²) >= 11 is 0. The number of sulfone groups is 1. The first-order valence-corrected chi connectivity index (χ1v) is 8.18. The molecular weight excluding hydrogens is 308 g/mol. The fraction of sp³-hybridized carbons (Fsp3) is 0.333. The summed E-state index contributed by atoms with van der Waals surface area (Å²) in [5, 5.41) is 0. The van der Waals surface area contributed by atoms with Crippen molar-refractivity contribution >= 4 is 21.8 Å². The number of carbonyl (C=O) groups excluding carboxylic acids is 2. The van der Waals surface area contributed by atoms with E-state index in [2.05, 4.69) is 4.74 Å². The summed E-state index contributed by atoms with van der Waals surface area (Å²) in [6.07, 6.45) is 0.649. The molecule has 0 aliphatic rings. The normalized spacial score (nSPS) is 11.9. The summed E-state index contributed by atoms with van der Waals surface area (Å²) in [5.74, 6) is -2.00. The molecule has 0 amide bonds. The zero-order valence-corrected chi connectivity index (χ0v) is 13.5. The van der Waals surface area contributed by atoms with Gasteiger partial charge in [-0.2, -0.15) is 0 Å². The third-order valence-corrected chi connectivity index (χ3v) is 4.39. The van der Waals surface area contributed by atoms with E-state index in [4.69, 9.17) is 4.74 Å². The maximum Gasteiger partial charge on any atom is 0.350 e. The molecule has 0 aliphatic heterocycles. The fourth-order valence-corrected chi connectivity index (χ4v) is 2.86. The van der Waals surface area contributed by atoms with E-state index < -0.39 is 26.7 Å². The van der Waals surface area contributed by atoms with Crippen molar-refractivity contribution in [3.05, 3.63) is 40.8 Å². The van der Waals surface area contributed by atoms with Gasteiger partial charge in [0.15, 0.2) is 4.91 Å². The van der Waals surface area contributed by atoms with Crippen LogP contribution in [0.25, 0.3) is 0 Å². The van der Waals surface area contributed by atoms with Crippen LogP contribution in [-0.4, -0.2) is 33.6 Å². The fourth-order valence-electron chi connectivity index (χ4n) is 1.58. The van der Waals surface area contributed by atoms with Crippen LogP contribution in [0, 0.1) is 6.92 Å². The number of hydrogen-bond donors (Lipinski definition) is 0. The van der Waals surface area contributed by atoms with E-state index in [-0.39, 0.29) is 18.1 Å². The molecule has 0 N–H and O–H groups in total. The van der Waals surface area contributed by atoms with Crippen LogP contribution in [0.15, 0.2) is 40.1 Å². The topological polar surface area (TPSA) is 86.7 Å². The smallest absolute Gasteiger partial charge is 0.350 e. The maximum absolute atomic E-state index is 12.5. The van der Waals surface area contributed by atoms with Crippen molar-refractivity contribution in [2.45, 2.75) is 25.7 Å². The average Bonchev–Trinajstić information content (AvgIpc) is 2.45. The van der Waals surface area contributed by atoms with Gasteiger partial charge in [0.05, 0.1) is 18.1 Å². The number of carbonyl (C=O) groups is 2. The molecule has 0 unspecified atom stereocenters. The number of hydrogen-bond acceptors (Lipinski definition) is 6. The minimum atomic E-state index is -4.17. The molecule has 1 rings (SSSR count). The van der Waals surface area contributed by atoms with Gasteiger partial charge in [0.2, 0.25) is 9.84 Å². The predicted octanol–water partition coefficient (Wildman–Crippen LogP) is 1.78. The van der Waals surface area contributed by atoms with Gasteiger partial charge in [-0.1, -0.05) is 17.7 Å². The first-order valence-electron chi connectivity index (χ1n) is 6.70. The van der Waals surface area contributed by atoms with Crippen molar-refractivity contribution in [1.82, 2.24) is 0 Å². The lowest BCUT2D eigenvalue weighted by Gasteiger charge is -2.09. The molecule has 120 valence electrons. The lowest BCUT2D eigenvalue weighted by molar-refractivity contribution is -0.140. The highest BCUT2D eigenvalue weighted by Crippen LogP contribution is 2.21. The molecule has 0 saturated carbocycles. The molecule has 0 atom stereocenters. The Labute approximate surface area is 129 Å². The molecule has 0 aliphatic carbocycles. The SMILES string of the molecule is CCOC(=O)/C=C(\C(=O)OCC)S(=O)(=O)c1ccc(C)cc1. The van der Waals surface area contributed by atoms with Crippen molar-refractivity contribution < 1.29 is 27.5 Å². The van der Waals surface area contributed by atoms with E-state index in [0.29, 0.717) is 6.08 Å². The standard InChI is InChI=1S/C15H18O6S/c1-4-20-14(16)10-13(15(17)21-5-2)22(18,19)12-8-6-11(3)7-9-12/h6-10H,4-5H2,1-3H3/b13-10+. The lowest BCUT2D eigenvalue weighted by Crippen LogP contribution is -2.19. The second-order valence-corrected chi connectivity index (χ2v) is 6.22. The van der Waals surface area contributed by atoms with Gasteiger partial charge < -0.3 is 9.47 Å². The van der Waals surface area contributed by atoms with E-state index in [1.54, 1.807) is 32.9 Å². The van der Waals surface area contributed by atoms with Crippen LogP contribution in [0.5, 0.6) is 0 Å². The molecular formula is C15H18O6S. The summed E-state index contributed by atoms with van der Waals surface area (Å²) in [7, 11) is -4.17. The summed E-state index contributed by atoms with van der Waals surface area (Å²) < 4.78 is 34.4. The highest BCUT2D eigenvalue weighted by Gasteiger charge is 2.29. The van der Waals surface area contributed by atoms with Crippen LogP contribution in [0.4, 0.5) is 0 Å². The Morgan fingerprint density at radius 1 is 1.05 bits per heavy atom. The van der Waals surface area contributed by atoms with Crippen molar-refractivity contribution in [2.24, 2.45) is 0 Å². The summed E-state index contributed by atoms with van der Waals surface area (Å²) in [6, 6.07) is 5.92. The van der Waals surface area contributed by atoms with Gasteiger partial charge in [0.25, 0.3) is 0 Å². The van der Waals surface area contributed by atoms with E-state index >= 15 is 0 Å². The molecule has 0 saturated heterocycles. The van der Waals surface area contributed by atoms with E-state index in [1.807, 2.05) is 0 Å². The van der Waals surface area contributed by atoms with Crippen molar-refractivity contribution in [1.29, 1.82) is 0 Å². The zero-order chi connectivity index (χ0) is 16.8. The van der Waals surface area contributed by atoms with E-state index in [0.717, 1.165) is 5.56 Å². The Morgan fingerprint density at radius 2 is 1.59 bits per heavy atom. The van der Waals surface area contributed by atoms with Crippen LogP contribution < -0.4 is 0 Å². The Kier molecular flexibility index (Phi) is 6.30. The molecule has 0 bridgehead atoms. The minimum absolute atomic E-state index is 0.0115. The Morgan fingerprint density at radius 3 is 2.09 bits per heavy atom. The third-order valence-electron chi connectivity index (χ3n) is 2.63. The minimum Gasteiger partial charge on any atom is -0.463 e. The summed E-state index contributed by atoms with van der Waals surface area (Å²) in [4.78, 5) is 22.6. The van der Waals surface area contributed by atoms with Gasteiger partial charge >= 0.3 is 11.9 Å². The first-order chi connectivity index (χ1) is 10.3. The zero-order valence-electron chi connectivity index (χ0n) is 12.7. The summed E-state index contributed by atoms with van der Waals surface area (Å²) in [6.45, 7) is 4.97. The highest BCUT2D eigenvalue weighted by atomic mass is 32.2. The Balaban J connectivity index is 3.33. The molecule has 6 nitrogen and oxygen atoms in total. The molecule has 0 spiro atoms.